The van der Waals surface area contributed by atoms with Crippen LogP contribution in [0.5, 0.6) is 46.0 Å². The van der Waals surface area contributed by atoms with Crippen LogP contribution in [0, 0.1) is 11.8 Å². The van der Waals surface area contributed by atoms with Gasteiger partial charge < -0.3 is 88.7 Å². The molecule has 0 unspecified atom stereocenters. The highest BCUT2D eigenvalue weighted by Gasteiger charge is 2.44. The predicted molar refractivity (Wildman–Crippen MR) is 461 cm³/mol. The Balaban J connectivity index is 0.000000191. The molecule has 4 fully saturated rings. The molecular formula is C90H98N14O16S2. The van der Waals surface area contributed by atoms with Crippen LogP contribution < -0.4 is 40.2 Å². The summed E-state index contributed by atoms with van der Waals surface area (Å²) >= 11 is 3.31. The molecule has 8 amide bonds. The van der Waals surface area contributed by atoms with Gasteiger partial charge in [0, 0.05) is 72.4 Å². The van der Waals surface area contributed by atoms with Crippen molar-refractivity contribution >= 4 is 94.1 Å². The Hall–Kier alpha value is -12.6. The smallest absolute Gasteiger partial charge is 0.407 e. The summed E-state index contributed by atoms with van der Waals surface area (Å²) < 4.78 is 44.8. The topological polar surface area (TPSA) is 354 Å². The number of nitrogens with one attached hydrogen (secondary N) is 6. The summed E-state index contributed by atoms with van der Waals surface area (Å²) in [6.45, 7) is 8.95. The van der Waals surface area contributed by atoms with E-state index in [4.69, 9.17) is 52.9 Å². The van der Waals surface area contributed by atoms with Crippen molar-refractivity contribution in [1.29, 1.82) is 0 Å². The molecule has 0 saturated carbocycles. The average Bonchev–Trinajstić information content (AvgIpc) is 0.845. The molecule has 0 spiro atoms. The molecule has 0 radical (unpaired) electrons. The summed E-state index contributed by atoms with van der Waals surface area (Å²) in [4.78, 5) is 138. The molecule has 0 aliphatic carbocycles. The van der Waals surface area contributed by atoms with Gasteiger partial charge in [0.05, 0.1) is 88.1 Å². The molecule has 6 N–H and O–H groups in total. The number of likely N-dealkylation sites (tertiary alicyclic amines) is 2. The predicted octanol–water partition coefficient (Wildman–Crippen LogP) is 16.0. The molecular weight excluding hydrogens is 1600 g/mol. The van der Waals surface area contributed by atoms with Crippen LogP contribution >= 0.6 is 23.5 Å². The summed E-state index contributed by atoms with van der Waals surface area (Å²) in [5.41, 5.74) is 10.2. The molecule has 30 nitrogen and oxygen atoms in total. The SMILES string of the molecule is CC[C@H](C)[C@H](NC(=O)OC)C(=O)N1CSC[C@H]1C1=NC=C(c2ccc3c(c2)Oc2ccc(-c4cnc([C@@H]5CSCN5C(=O)[C@@H](NC(=O)OC)[C@@H](C)CC)[nH]4)cc2O3)C1.COC(=O)N[C@@H](C(=O)N1CCCC[C@H]1C1=NC=C(c2ccc3c(c2)Oc2ccc(-c4cnc([C@@H]5CCCCN5C(=O)[C@H](NC(=O)OC)c5ccccc5)[nH]4)cc2O3)C1)c1ccccc1. The number of aliphatic imine (C=N–C) groups is 2. The van der Waals surface area contributed by atoms with Crippen molar-refractivity contribution in [2.75, 3.05) is 64.8 Å². The monoisotopic (exact) mass is 1690 g/mol. The minimum Gasteiger partial charge on any atom is -0.453 e. The highest BCUT2D eigenvalue weighted by Crippen LogP contribution is 2.51. The van der Waals surface area contributed by atoms with Crippen LogP contribution in [0.25, 0.3) is 33.7 Å². The Labute approximate surface area is 714 Å². The first-order valence-electron chi connectivity index (χ1n) is 41.1. The average molecular weight is 1700 g/mol. The number of carbonyl (C=O) groups excluding carboxylic acids is 8. The number of aromatic amines is 2. The highest BCUT2D eigenvalue weighted by molar-refractivity contribution is 7.99. The van der Waals surface area contributed by atoms with Gasteiger partial charge >= 0.3 is 24.4 Å². The number of hydrogen-bond donors (Lipinski definition) is 6. The summed E-state index contributed by atoms with van der Waals surface area (Å²) in [6, 6.07) is 37.2. The van der Waals surface area contributed by atoms with Crippen LogP contribution in [0.3, 0.4) is 0 Å². The van der Waals surface area contributed by atoms with E-state index >= 15 is 0 Å². The Morgan fingerprint density at radius 3 is 1.23 bits per heavy atom. The summed E-state index contributed by atoms with van der Waals surface area (Å²) in [5.74, 6) is 7.36. The van der Waals surface area contributed by atoms with E-state index in [1.807, 2.05) is 183 Å². The van der Waals surface area contributed by atoms with Crippen LogP contribution in [-0.4, -0.2) is 188 Å². The van der Waals surface area contributed by atoms with E-state index in [9.17, 15) is 38.4 Å². The Morgan fingerprint density at radius 1 is 0.434 bits per heavy atom. The minimum atomic E-state index is -0.913. The zero-order valence-corrected chi connectivity index (χ0v) is 70.7. The molecule has 6 aromatic carbocycles. The third kappa shape index (κ3) is 18.4. The first-order valence-corrected chi connectivity index (χ1v) is 43.4. The number of methoxy groups -OCH3 is 4. The summed E-state index contributed by atoms with van der Waals surface area (Å²) in [5, 5.41) is 10.9. The third-order valence-corrected chi connectivity index (χ3v) is 25.6. The van der Waals surface area contributed by atoms with Gasteiger partial charge in [-0.15, -0.1) is 23.5 Å². The quantitative estimate of drug-likeness (QED) is 0.0343. The lowest BCUT2D eigenvalue weighted by molar-refractivity contribution is -0.138. The lowest BCUT2D eigenvalue weighted by atomic mass is 9.92. The molecule has 8 aliphatic heterocycles. The number of piperidine rings is 2. The van der Waals surface area contributed by atoms with Crippen molar-refractivity contribution in [3.63, 3.8) is 0 Å². The number of H-pyrrole nitrogens is 2. The van der Waals surface area contributed by atoms with Crippen LogP contribution in [0.15, 0.2) is 168 Å². The van der Waals surface area contributed by atoms with Crippen molar-refractivity contribution in [1.82, 2.24) is 60.8 Å². The molecule has 10 atom stereocenters. The Morgan fingerprint density at radius 2 is 0.803 bits per heavy atom. The van der Waals surface area contributed by atoms with Gasteiger partial charge in [-0.05, 0) is 144 Å². The molecule has 636 valence electrons. The van der Waals surface area contributed by atoms with Gasteiger partial charge in [-0.25, -0.2) is 29.1 Å². The molecule has 8 aromatic rings. The van der Waals surface area contributed by atoms with Crippen LogP contribution in [0.4, 0.5) is 19.2 Å². The normalized spacial score (nSPS) is 19.5. The molecule has 16 rings (SSSR count). The van der Waals surface area contributed by atoms with Gasteiger partial charge in [-0.2, -0.15) is 0 Å². The standard InChI is InChI=1S/C49H49N7O8.C41H49N7O8S2/c1-61-48(59)53-43(30-13-5-3-6-14-30)46(57)55-23-11-9-17-37(55)35-25-34(28-50-35)32-19-21-39-41(26-32)63-40-22-20-33(27-42(40)64-39)36-29-51-45(52-36)38-18-10-12-24-56(38)47(58)44(54-49(60)62-2)31-15-7-4-8-16-31;1-7-22(3)35(45-40(51)53-5)38(49)47-20-57-18-29(47)27-13-26(16-42-27)24-9-11-31-33(14-24)55-32-12-10-25(15-34(32)56-31)28-17-43-37(44-28)30-19-58-21-48(30)39(50)36(23(4)8-2)46-41(52)54-6/h3-8,13-16,19-22,26-29,37-38,43-44H,9-12,17-18,23-25H2,1-2H3,(H,51,52)(H,53,59)(H,54,60);9-12,14-17,22-23,29-30,35-36H,7-8,13,18-21H2,1-6H3,(H,43,44)(H,45,51)(H,46,52)/t37-,38-,43+,44+;22-,23-,29-,30-,35-,36-/m00/s1. The molecule has 8 aliphatic rings. The Bertz CT molecular complexity index is 5390. The number of amides is 8. The number of benzene rings is 6. The van der Waals surface area contributed by atoms with Crippen molar-refractivity contribution in [2.45, 2.75) is 140 Å². The van der Waals surface area contributed by atoms with E-state index in [1.54, 1.807) is 45.7 Å². The first-order chi connectivity index (χ1) is 59.3. The van der Waals surface area contributed by atoms with Gasteiger partial charge in [0.15, 0.2) is 46.0 Å². The fraction of sp³-hybridized carbons (Fsp3) is 0.378. The van der Waals surface area contributed by atoms with E-state index in [-0.39, 0.29) is 59.6 Å². The number of aromatic nitrogens is 4. The number of thioether (sulfide) groups is 2. The van der Waals surface area contributed by atoms with Crippen LogP contribution in [0.1, 0.15) is 150 Å². The Kier molecular flexibility index (Phi) is 26.3. The fourth-order valence-corrected chi connectivity index (χ4v) is 18.7. The van der Waals surface area contributed by atoms with E-state index in [2.05, 4.69) is 36.2 Å². The number of alkyl carbamates (subject to hydrolysis) is 4. The third-order valence-electron chi connectivity index (χ3n) is 23.6. The van der Waals surface area contributed by atoms with Crippen molar-refractivity contribution in [3.05, 3.63) is 192 Å². The molecule has 32 heteroatoms. The first kappa shape index (κ1) is 84.4. The van der Waals surface area contributed by atoms with Gasteiger partial charge in [-0.1, -0.05) is 113 Å². The fourth-order valence-electron chi connectivity index (χ4n) is 16.3. The lowest BCUT2D eigenvalue weighted by Crippen LogP contribution is -2.54. The number of fused-ring (bicyclic) bond motifs is 4. The van der Waals surface area contributed by atoms with E-state index in [0.29, 0.717) is 125 Å². The molecule has 10 heterocycles. The van der Waals surface area contributed by atoms with E-state index < -0.39 is 48.5 Å². The number of imidazole rings is 2. The number of nitrogens with zero attached hydrogens (tertiary/aromatic N) is 8. The van der Waals surface area contributed by atoms with Crippen LogP contribution in [0.2, 0.25) is 0 Å². The molecule has 2 aromatic heterocycles. The second kappa shape index (κ2) is 38.0. The molecule has 122 heavy (non-hydrogen) atoms. The summed E-state index contributed by atoms with van der Waals surface area (Å²) in [7, 11) is 5.14. The summed E-state index contributed by atoms with van der Waals surface area (Å²) in [6.07, 6.45) is 12.3. The van der Waals surface area contributed by atoms with E-state index in [0.717, 1.165) is 100 Å². The zero-order chi connectivity index (χ0) is 85.2. The number of rotatable bonds is 22. The maximum absolute atomic E-state index is 14.2. The van der Waals surface area contributed by atoms with Gasteiger partial charge in [-0.3, -0.25) is 29.2 Å². The van der Waals surface area contributed by atoms with Gasteiger partial charge in [0.1, 0.15) is 35.8 Å². The van der Waals surface area contributed by atoms with Gasteiger partial charge in [0.2, 0.25) is 17.7 Å². The molecule has 0 bridgehead atoms. The second-order valence-electron chi connectivity index (χ2n) is 31.0. The maximum atomic E-state index is 14.2. The number of allylic oxidation sites excluding steroid dienone is 2. The molecule has 4 saturated heterocycles. The van der Waals surface area contributed by atoms with Crippen molar-refractivity contribution < 1.29 is 76.3 Å². The van der Waals surface area contributed by atoms with Crippen molar-refractivity contribution in [3.8, 4) is 68.5 Å². The van der Waals surface area contributed by atoms with Crippen LogP contribution in [-0.2, 0) is 38.1 Å². The van der Waals surface area contributed by atoms with E-state index in [1.165, 1.54) is 28.4 Å². The minimum absolute atomic E-state index is 0.0663. The van der Waals surface area contributed by atoms with Crippen molar-refractivity contribution in [2.24, 2.45) is 21.8 Å². The highest BCUT2D eigenvalue weighted by atomic mass is 32.2. The maximum Gasteiger partial charge on any atom is 0.407 e. The van der Waals surface area contributed by atoms with Gasteiger partial charge in [0.25, 0.3) is 5.91 Å². The zero-order valence-electron chi connectivity index (χ0n) is 69.0. The second-order valence-corrected chi connectivity index (χ2v) is 33.0. The lowest BCUT2D eigenvalue weighted by Gasteiger charge is -2.38. The number of carbonyl (C=O) groups is 8. The number of hydrogen-bond acceptors (Lipinski definition) is 22. The number of ether oxygens (including phenoxy) is 8. The largest absolute Gasteiger partial charge is 0.453 e.